The molecule has 3 N–H and O–H groups in total. The van der Waals surface area contributed by atoms with Crippen LogP contribution in [0.5, 0.6) is 0 Å². The third-order valence-corrected chi connectivity index (χ3v) is 5.35. The van der Waals surface area contributed by atoms with Crippen molar-refractivity contribution in [3.8, 4) is 0 Å². The molecule has 1 aliphatic rings. The van der Waals surface area contributed by atoms with Crippen LogP contribution in [-0.2, 0) is 11.3 Å². The number of rotatable bonds is 4. The third kappa shape index (κ3) is 5.84. The predicted octanol–water partition coefficient (Wildman–Crippen LogP) is 4.04. The van der Waals surface area contributed by atoms with Crippen molar-refractivity contribution < 1.29 is 4.79 Å². The first kappa shape index (κ1) is 22.7. The standard InChI is InChI=1S/C18H24N4OS.2ClH/c1-12-3-4-15(19)9-17(12)21-18(23)14-5-7-22(8-6-14)10-16-11-24-13(2)20-16;;/h3-4,9,11,14H,5-8,10,19H2,1-2H3,(H,21,23);2*1H. The molecule has 0 bridgehead atoms. The van der Waals surface area contributed by atoms with Gasteiger partial charge in [-0.15, -0.1) is 36.2 Å². The van der Waals surface area contributed by atoms with E-state index in [1.807, 2.05) is 32.0 Å². The lowest BCUT2D eigenvalue weighted by atomic mass is 9.95. The molecule has 1 fully saturated rings. The van der Waals surface area contributed by atoms with Crippen molar-refractivity contribution in [1.82, 2.24) is 9.88 Å². The number of aryl methyl sites for hydroxylation is 2. The summed E-state index contributed by atoms with van der Waals surface area (Å²) in [5.74, 6) is 0.173. The Balaban J connectivity index is 0.00000169. The molecule has 1 aromatic heterocycles. The highest BCUT2D eigenvalue weighted by molar-refractivity contribution is 7.09. The van der Waals surface area contributed by atoms with E-state index in [1.54, 1.807) is 11.3 Å². The van der Waals surface area contributed by atoms with Crippen LogP contribution in [0.1, 0.15) is 29.1 Å². The van der Waals surface area contributed by atoms with Crippen molar-refractivity contribution in [2.75, 3.05) is 24.1 Å². The molecule has 0 radical (unpaired) electrons. The minimum atomic E-state index is 0. The number of carbonyl (C=O) groups excluding carboxylic acids is 1. The fraction of sp³-hybridized carbons (Fsp3) is 0.444. The SMILES string of the molecule is Cc1nc(CN2CCC(C(=O)Nc3cc(N)ccc3C)CC2)cs1.Cl.Cl. The molecule has 0 spiro atoms. The Morgan fingerprint density at radius 3 is 2.62 bits per heavy atom. The van der Waals surface area contributed by atoms with Gasteiger partial charge in [0.2, 0.25) is 5.91 Å². The number of hydrogen-bond acceptors (Lipinski definition) is 5. The molecule has 2 heterocycles. The largest absolute Gasteiger partial charge is 0.399 e. The van der Waals surface area contributed by atoms with Gasteiger partial charge in [0.25, 0.3) is 0 Å². The van der Waals surface area contributed by atoms with Crippen LogP contribution in [0.15, 0.2) is 23.6 Å². The lowest BCUT2D eigenvalue weighted by molar-refractivity contribution is -0.121. The molecule has 1 amide bonds. The van der Waals surface area contributed by atoms with Gasteiger partial charge in [-0.3, -0.25) is 9.69 Å². The summed E-state index contributed by atoms with van der Waals surface area (Å²) in [5, 5.41) is 6.27. The van der Waals surface area contributed by atoms with E-state index in [0.717, 1.165) is 54.4 Å². The Labute approximate surface area is 171 Å². The number of nitrogen functional groups attached to an aromatic ring is 1. The number of likely N-dealkylation sites (tertiary alicyclic amines) is 1. The second-order valence-corrected chi connectivity index (χ2v) is 7.53. The zero-order valence-corrected chi connectivity index (χ0v) is 17.5. The average molecular weight is 417 g/mol. The average Bonchev–Trinajstić information content (AvgIpc) is 2.96. The number of halogens is 2. The van der Waals surface area contributed by atoms with Gasteiger partial charge in [-0.2, -0.15) is 0 Å². The summed E-state index contributed by atoms with van der Waals surface area (Å²) < 4.78 is 0. The van der Waals surface area contributed by atoms with Gasteiger partial charge < -0.3 is 11.1 Å². The molecule has 5 nitrogen and oxygen atoms in total. The number of thiazole rings is 1. The summed E-state index contributed by atoms with van der Waals surface area (Å²) in [5.41, 5.74) is 9.47. The number of amides is 1. The Kier molecular flexibility index (Phi) is 8.83. The summed E-state index contributed by atoms with van der Waals surface area (Å²) >= 11 is 1.69. The lowest BCUT2D eigenvalue weighted by Crippen LogP contribution is -2.37. The van der Waals surface area contributed by atoms with E-state index in [0.29, 0.717) is 5.69 Å². The van der Waals surface area contributed by atoms with E-state index in [1.165, 1.54) is 0 Å². The van der Waals surface area contributed by atoms with E-state index in [9.17, 15) is 4.79 Å². The quantitative estimate of drug-likeness (QED) is 0.737. The number of hydrogen-bond donors (Lipinski definition) is 2. The fourth-order valence-corrected chi connectivity index (χ4v) is 3.68. The summed E-state index contributed by atoms with van der Waals surface area (Å²) in [7, 11) is 0. The van der Waals surface area contributed by atoms with Crippen molar-refractivity contribution in [2.24, 2.45) is 5.92 Å². The molecule has 0 atom stereocenters. The summed E-state index contributed by atoms with van der Waals surface area (Å²) in [4.78, 5) is 19.4. The zero-order chi connectivity index (χ0) is 17.1. The molecule has 3 rings (SSSR count). The van der Waals surface area contributed by atoms with Crippen LogP contribution in [0.2, 0.25) is 0 Å². The topological polar surface area (TPSA) is 71.2 Å². The number of benzene rings is 1. The summed E-state index contributed by atoms with van der Waals surface area (Å²) in [6, 6.07) is 5.61. The zero-order valence-electron chi connectivity index (χ0n) is 15.0. The molecule has 2 aromatic rings. The van der Waals surface area contributed by atoms with Crippen LogP contribution in [0.3, 0.4) is 0 Å². The highest BCUT2D eigenvalue weighted by atomic mass is 35.5. The van der Waals surface area contributed by atoms with Gasteiger partial charge in [0, 0.05) is 29.2 Å². The summed E-state index contributed by atoms with van der Waals surface area (Å²) in [6.07, 6.45) is 1.77. The highest BCUT2D eigenvalue weighted by Gasteiger charge is 2.25. The molecule has 0 saturated carbocycles. The van der Waals surface area contributed by atoms with Gasteiger partial charge in [-0.25, -0.2) is 4.98 Å². The Bertz CT molecular complexity index is 730. The first-order valence-electron chi connectivity index (χ1n) is 8.31. The first-order valence-corrected chi connectivity index (χ1v) is 9.19. The Morgan fingerprint density at radius 2 is 2.00 bits per heavy atom. The van der Waals surface area contributed by atoms with Gasteiger partial charge in [-0.1, -0.05) is 6.07 Å². The van der Waals surface area contributed by atoms with Crippen molar-refractivity contribution in [1.29, 1.82) is 0 Å². The molecular weight excluding hydrogens is 391 g/mol. The van der Waals surface area contributed by atoms with Crippen molar-refractivity contribution in [3.63, 3.8) is 0 Å². The number of nitrogens with zero attached hydrogens (tertiary/aromatic N) is 2. The molecule has 26 heavy (non-hydrogen) atoms. The number of nitrogens with one attached hydrogen (secondary N) is 1. The van der Waals surface area contributed by atoms with Gasteiger partial charge in [0.05, 0.1) is 10.7 Å². The van der Waals surface area contributed by atoms with Gasteiger partial charge in [-0.05, 0) is 57.5 Å². The van der Waals surface area contributed by atoms with Crippen LogP contribution >= 0.6 is 36.2 Å². The summed E-state index contributed by atoms with van der Waals surface area (Å²) in [6.45, 7) is 6.76. The number of piperidine rings is 1. The maximum Gasteiger partial charge on any atom is 0.227 e. The number of aromatic nitrogens is 1. The third-order valence-electron chi connectivity index (χ3n) is 4.53. The molecule has 0 aliphatic carbocycles. The number of anilines is 2. The van der Waals surface area contributed by atoms with E-state index in [2.05, 4.69) is 20.6 Å². The van der Waals surface area contributed by atoms with Gasteiger partial charge in [0.15, 0.2) is 0 Å². The lowest BCUT2D eigenvalue weighted by Gasteiger charge is -2.30. The number of carbonyl (C=O) groups is 1. The molecule has 0 unspecified atom stereocenters. The van der Waals surface area contributed by atoms with E-state index in [4.69, 9.17) is 5.73 Å². The van der Waals surface area contributed by atoms with Crippen LogP contribution in [0, 0.1) is 19.8 Å². The molecule has 8 heteroatoms. The van der Waals surface area contributed by atoms with E-state index < -0.39 is 0 Å². The monoisotopic (exact) mass is 416 g/mol. The van der Waals surface area contributed by atoms with Crippen molar-refractivity contribution in [3.05, 3.63) is 39.8 Å². The normalized spacial score (nSPS) is 15.0. The Morgan fingerprint density at radius 1 is 1.31 bits per heavy atom. The second kappa shape index (κ2) is 10.1. The van der Waals surface area contributed by atoms with Gasteiger partial charge in [0.1, 0.15) is 0 Å². The highest BCUT2D eigenvalue weighted by Crippen LogP contribution is 2.23. The minimum Gasteiger partial charge on any atom is -0.399 e. The first-order chi connectivity index (χ1) is 11.5. The smallest absolute Gasteiger partial charge is 0.227 e. The van der Waals surface area contributed by atoms with E-state index in [-0.39, 0.29) is 36.6 Å². The molecule has 1 saturated heterocycles. The molecule has 1 aliphatic heterocycles. The van der Waals surface area contributed by atoms with Gasteiger partial charge >= 0.3 is 0 Å². The van der Waals surface area contributed by atoms with Crippen molar-refractivity contribution in [2.45, 2.75) is 33.2 Å². The minimum absolute atomic E-state index is 0. The fourth-order valence-electron chi connectivity index (χ4n) is 3.07. The van der Waals surface area contributed by atoms with Crippen LogP contribution in [-0.4, -0.2) is 28.9 Å². The number of nitrogens with two attached hydrogens (primary N) is 1. The maximum atomic E-state index is 12.5. The van der Waals surface area contributed by atoms with Crippen molar-refractivity contribution >= 4 is 53.4 Å². The molecule has 1 aromatic carbocycles. The maximum absolute atomic E-state index is 12.5. The van der Waals surface area contributed by atoms with Crippen LogP contribution in [0.4, 0.5) is 11.4 Å². The Hall–Kier alpha value is -1.34. The van der Waals surface area contributed by atoms with Crippen LogP contribution < -0.4 is 11.1 Å². The van der Waals surface area contributed by atoms with E-state index >= 15 is 0 Å². The second-order valence-electron chi connectivity index (χ2n) is 6.47. The predicted molar refractivity (Wildman–Crippen MR) is 114 cm³/mol. The molecule has 144 valence electrons. The molecular formula is C18H26Cl2N4OS. The van der Waals surface area contributed by atoms with Crippen LogP contribution in [0.25, 0.3) is 0 Å².